The van der Waals surface area contributed by atoms with Crippen LogP contribution in [0.3, 0.4) is 0 Å². The zero-order valence-corrected chi connectivity index (χ0v) is 13.3. The molecule has 0 fully saturated rings. The predicted octanol–water partition coefficient (Wildman–Crippen LogP) is 4.49. The summed E-state index contributed by atoms with van der Waals surface area (Å²) in [5, 5.41) is 0. The topological polar surface area (TPSA) is 25.6 Å². The number of benzene rings is 2. The second-order valence-corrected chi connectivity index (χ2v) is 5.56. The van der Waals surface area contributed by atoms with Gasteiger partial charge in [0.25, 0.3) is 0 Å². The molecule has 0 unspecified atom stereocenters. The van der Waals surface area contributed by atoms with Crippen molar-refractivity contribution in [3.05, 3.63) is 89.9 Å². The molecule has 0 spiro atoms. The molecule has 0 amide bonds. The molecular formula is C20H21NO2. The average Bonchev–Trinajstić information content (AvgIpc) is 3.09. The van der Waals surface area contributed by atoms with Gasteiger partial charge in [-0.1, -0.05) is 42.5 Å². The molecule has 3 rings (SSSR count). The van der Waals surface area contributed by atoms with Crippen molar-refractivity contribution in [2.24, 2.45) is 0 Å². The minimum absolute atomic E-state index is 0.777. The van der Waals surface area contributed by atoms with E-state index in [0.717, 1.165) is 31.1 Å². The number of furan rings is 1. The fraction of sp³-hybridized carbons (Fsp3) is 0.200. The maximum atomic E-state index is 5.52. The van der Waals surface area contributed by atoms with Gasteiger partial charge in [-0.05, 0) is 35.4 Å². The Kier molecular flexibility index (Phi) is 5.12. The molecule has 0 aliphatic rings. The Labute approximate surface area is 137 Å². The van der Waals surface area contributed by atoms with E-state index in [4.69, 9.17) is 9.15 Å². The van der Waals surface area contributed by atoms with Crippen LogP contribution in [0.15, 0.2) is 77.4 Å². The summed E-state index contributed by atoms with van der Waals surface area (Å²) in [6, 6.07) is 22.7. The zero-order valence-electron chi connectivity index (χ0n) is 13.3. The fourth-order valence-electron chi connectivity index (χ4n) is 2.66. The largest absolute Gasteiger partial charge is 0.497 e. The third-order valence-corrected chi connectivity index (χ3v) is 3.75. The van der Waals surface area contributed by atoms with E-state index in [0.29, 0.717) is 0 Å². The summed E-state index contributed by atoms with van der Waals surface area (Å²) >= 11 is 0. The molecule has 0 radical (unpaired) electrons. The van der Waals surface area contributed by atoms with E-state index in [2.05, 4.69) is 41.3 Å². The maximum Gasteiger partial charge on any atom is 0.119 e. The lowest BCUT2D eigenvalue weighted by Crippen LogP contribution is -2.22. The van der Waals surface area contributed by atoms with Crippen molar-refractivity contribution in [1.29, 1.82) is 0 Å². The van der Waals surface area contributed by atoms with Crippen LogP contribution in [-0.2, 0) is 19.6 Å². The first-order chi connectivity index (χ1) is 11.3. The van der Waals surface area contributed by atoms with Crippen molar-refractivity contribution in [3.63, 3.8) is 0 Å². The van der Waals surface area contributed by atoms with Crippen molar-refractivity contribution < 1.29 is 9.15 Å². The molecular weight excluding hydrogens is 286 g/mol. The van der Waals surface area contributed by atoms with Gasteiger partial charge >= 0.3 is 0 Å². The lowest BCUT2D eigenvalue weighted by Gasteiger charge is -2.22. The van der Waals surface area contributed by atoms with E-state index in [1.54, 1.807) is 13.4 Å². The molecule has 1 aromatic heterocycles. The van der Waals surface area contributed by atoms with Crippen LogP contribution in [-0.4, -0.2) is 12.0 Å². The van der Waals surface area contributed by atoms with Gasteiger partial charge in [0, 0.05) is 13.1 Å². The van der Waals surface area contributed by atoms with Gasteiger partial charge in [0.15, 0.2) is 0 Å². The van der Waals surface area contributed by atoms with Crippen molar-refractivity contribution in [1.82, 2.24) is 4.90 Å². The zero-order chi connectivity index (χ0) is 15.9. The van der Waals surface area contributed by atoms with Gasteiger partial charge in [0.2, 0.25) is 0 Å². The van der Waals surface area contributed by atoms with Crippen LogP contribution in [0, 0.1) is 0 Å². The second kappa shape index (κ2) is 7.65. The van der Waals surface area contributed by atoms with Crippen LogP contribution in [0.1, 0.15) is 16.9 Å². The number of methoxy groups -OCH3 is 1. The molecule has 0 bridgehead atoms. The van der Waals surface area contributed by atoms with Gasteiger partial charge in [0.1, 0.15) is 11.5 Å². The normalized spacial score (nSPS) is 10.9. The van der Waals surface area contributed by atoms with Crippen LogP contribution < -0.4 is 4.74 Å². The van der Waals surface area contributed by atoms with E-state index in [9.17, 15) is 0 Å². The number of ether oxygens (including phenoxy) is 1. The fourth-order valence-corrected chi connectivity index (χ4v) is 2.66. The maximum absolute atomic E-state index is 5.52. The Morgan fingerprint density at radius 3 is 2.35 bits per heavy atom. The molecule has 0 aliphatic carbocycles. The first-order valence-corrected chi connectivity index (χ1v) is 7.75. The van der Waals surface area contributed by atoms with Crippen LogP contribution in [0.4, 0.5) is 0 Å². The summed E-state index contributed by atoms with van der Waals surface area (Å²) in [6.45, 7) is 2.49. The van der Waals surface area contributed by atoms with Gasteiger partial charge in [-0.15, -0.1) is 0 Å². The minimum Gasteiger partial charge on any atom is -0.497 e. The molecule has 1 heterocycles. The molecule has 0 aliphatic heterocycles. The highest BCUT2D eigenvalue weighted by Crippen LogP contribution is 2.18. The molecule has 3 aromatic rings. The van der Waals surface area contributed by atoms with Crippen LogP contribution in [0.25, 0.3) is 0 Å². The molecule has 0 saturated heterocycles. The highest BCUT2D eigenvalue weighted by molar-refractivity contribution is 5.28. The summed E-state index contributed by atoms with van der Waals surface area (Å²) < 4.78 is 10.8. The summed E-state index contributed by atoms with van der Waals surface area (Å²) in [6.07, 6.45) is 1.72. The van der Waals surface area contributed by atoms with Crippen LogP contribution >= 0.6 is 0 Å². The lowest BCUT2D eigenvalue weighted by molar-refractivity contribution is 0.226. The summed E-state index contributed by atoms with van der Waals surface area (Å²) in [5.41, 5.74) is 2.52. The number of nitrogens with zero attached hydrogens (tertiary/aromatic N) is 1. The van der Waals surface area contributed by atoms with E-state index >= 15 is 0 Å². The van der Waals surface area contributed by atoms with Crippen molar-refractivity contribution in [2.45, 2.75) is 19.6 Å². The molecule has 3 nitrogen and oxygen atoms in total. The first kappa shape index (κ1) is 15.4. The number of hydrogen-bond acceptors (Lipinski definition) is 3. The Hall–Kier alpha value is -2.52. The van der Waals surface area contributed by atoms with Gasteiger partial charge in [-0.2, -0.15) is 0 Å². The van der Waals surface area contributed by atoms with Crippen molar-refractivity contribution >= 4 is 0 Å². The molecule has 0 saturated carbocycles. The summed E-state index contributed by atoms with van der Waals surface area (Å²) in [5.74, 6) is 1.86. The minimum atomic E-state index is 0.777. The summed E-state index contributed by atoms with van der Waals surface area (Å²) in [4.78, 5) is 2.36. The molecule has 3 heteroatoms. The van der Waals surface area contributed by atoms with Crippen molar-refractivity contribution in [3.8, 4) is 5.75 Å². The van der Waals surface area contributed by atoms with E-state index in [-0.39, 0.29) is 0 Å². The lowest BCUT2D eigenvalue weighted by atomic mass is 10.1. The second-order valence-electron chi connectivity index (χ2n) is 5.56. The Morgan fingerprint density at radius 2 is 1.61 bits per heavy atom. The molecule has 118 valence electrons. The van der Waals surface area contributed by atoms with Crippen LogP contribution in [0.2, 0.25) is 0 Å². The van der Waals surface area contributed by atoms with Gasteiger partial charge in [-0.3, -0.25) is 4.90 Å². The molecule has 23 heavy (non-hydrogen) atoms. The highest BCUT2D eigenvalue weighted by atomic mass is 16.5. The molecule has 2 aromatic carbocycles. The third kappa shape index (κ3) is 4.47. The first-order valence-electron chi connectivity index (χ1n) is 7.75. The van der Waals surface area contributed by atoms with Crippen molar-refractivity contribution in [2.75, 3.05) is 7.11 Å². The number of rotatable bonds is 7. The van der Waals surface area contributed by atoms with E-state index in [1.807, 2.05) is 30.3 Å². The average molecular weight is 307 g/mol. The number of hydrogen-bond donors (Lipinski definition) is 0. The quantitative estimate of drug-likeness (QED) is 0.643. The van der Waals surface area contributed by atoms with Gasteiger partial charge in [0.05, 0.1) is 19.9 Å². The monoisotopic (exact) mass is 307 g/mol. The summed E-state index contributed by atoms with van der Waals surface area (Å²) in [7, 11) is 1.70. The Morgan fingerprint density at radius 1 is 0.826 bits per heavy atom. The molecule has 0 atom stereocenters. The van der Waals surface area contributed by atoms with E-state index in [1.165, 1.54) is 11.1 Å². The van der Waals surface area contributed by atoms with Gasteiger partial charge in [-0.25, -0.2) is 0 Å². The van der Waals surface area contributed by atoms with E-state index < -0.39 is 0 Å². The highest BCUT2D eigenvalue weighted by Gasteiger charge is 2.10. The molecule has 0 N–H and O–H groups in total. The Balaban J connectivity index is 1.76. The third-order valence-electron chi connectivity index (χ3n) is 3.75. The standard InChI is InChI=1S/C20H21NO2/c1-22-19-10-5-9-18(13-19)15-21(16-20-11-6-12-23-20)14-17-7-3-2-4-8-17/h2-13H,14-16H2,1H3. The van der Waals surface area contributed by atoms with Crippen LogP contribution in [0.5, 0.6) is 5.75 Å². The van der Waals surface area contributed by atoms with Gasteiger partial charge < -0.3 is 9.15 Å². The Bertz CT molecular complexity index is 708. The SMILES string of the molecule is COc1cccc(CN(Cc2ccccc2)Cc2ccco2)c1. The predicted molar refractivity (Wildman–Crippen MR) is 91.1 cm³/mol. The smallest absolute Gasteiger partial charge is 0.119 e.